The lowest BCUT2D eigenvalue weighted by atomic mass is 9.75. The number of carboxylic acid groups (broad SMARTS) is 1. The van der Waals surface area contributed by atoms with Crippen LogP contribution in [0.2, 0.25) is 0 Å². The molecular weight excluding hydrogens is 272 g/mol. The minimum atomic E-state index is -0.895. The van der Waals surface area contributed by atoms with Crippen LogP contribution in [0.15, 0.2) is 0 Å². The number of ether oxygens (including phenoxy) is 3. The van der Waals surface area contributed by atoms with Crippen LogP contribution in [0.4, 0.5) is 0 Å². The summed E-state index contributed by atoms with van der Waals surface area (Å²) in [5, 5.41) is 9.73. The van der Waals surface area contributed by atoms with Gasteiger partial charge >= 0.3 is 5.97 Å². The normalized spacial score (nSPS) is 23.2. The first-order chi connectivity index (χ1) is 9.90. The summed E-state index contributed by atoms with van der Waals surface area (Å²) in [5.74, 6) is -0.499. The Bertz CT molecular complexity index is 312. The molecule has 1 aliphatic heterocycles. The van der Waals surface area contributed by atoms with Crippen molar-refractivity contribution in [1.82, 2.24) is 0 Å². The second-order valence-corrected chi connectivity index (χ2v) is 6.55. The van der Waals surface area contributed by atoms with Crippen molar-refractivity contribution in [2.75, 3.05) is 20.0 Å². The average Bonchev–Trinajstić information content (AvgIpc) is 2.89. The second-order valence-electron chi connectivity index (χ2n) is 6.55. The third kappa shape index (κ3) is 5.57. The Labute approximate surface area is 128 Å². The van der Waals surface area contributed by atoms with Crippen LogP contribution in [0.1, 0.15) is 53.4 Å². The van der Waals surface area contributed by atoms with Crippen LogP contribution >= 0.6 is 0 Å². The van der Waals surface area contributed by atoms with Crippen molar-refractivity contribution >= 4 is 5.97 Å². The highest BCUT2D eigenvalue weighted by molar-refractivity contribution is 5.75. The van der Waals surface area contributed by atoms with Gasteiger partial charge in [-0.3, -0.25) is 4.79 Å². The molecule has 0 aromatic rings. The lowest BCUT2D eigenvalue weighted by molar-refractivity contribution is -0.162. The molecule has 0 aromatic heterocycles. The first-order valence-electron chi connectivity index (χ1n) is 7.94. The Hall–Kier alpha value is -0.650. The van der Waals surface area contributed by atoms with Crippen molar-refractivity contribution in [3.63, 3.8) is 0 Å². The molecule has 1 aliphatic rings. The van der Waals surface area contributed by atoms with Crippen LogP contribution in [0.5, 0.6) is 0 Å². The molecular formula is C16H30O5. The van der Waals surface area contributed by atoms with Gasteiger partial charge in [-0.2, -0.15) is 0 Å². The summed E-state index contributed by atoms with van der Waals surface area (Å²) in [6.45, 7) is 9.37. The van der Waals surface area contributed by atoms with E-state index in [0.717, 1.165) is 12.8 Å². The highest BCUT2D eigenvalue weighted by Gasteiger charge is 2.44. The minimum Gasteiger partial charge on any atom is -0.481 e. The molecule has 1 heterocycles. The zero-order valence-corrected chi connectivity index (χ0v) is 13.8. The van der Waals surface area contributed by atoms with E-state index in [9.17, 15) is 9.90 Å². The van der Waals surface area contributed by atoms with E-state index in [1.807, 2.05) is 13.8 Å². The monoisotopic (exact) mass is 302 g/mol. The smallest absolute Gasteiger partial charge is 0.312 e. The summed E-state index contributed by atoms with van der Waals surface area (Å²) in [4.78, 5) is 11.9. The van der Waals surface area contributed by atoms with Crippen LogP contribution in [0.25, 0.3) is 0 Å². The number of rotatable bonds is 10. The van der Waals surface area contributed by atoms with Gasteiger partial charge in [-0.15, -0.1) is 0 Å². The molecule has 21 heavy (non-hydrogen) atoms. The maximum absolute atomic E-state index is 11.9. The quantitative estimate of drug-likeness (QED) is 0.628. The number of hydrogen-bond donors (Lipinski definition) is 1. The predicted molar refractivity (Wildman–Crippen MR) is 80.2 cm³/mol. The van der Waals surface area contributed by atoms with Gasteiger partial charge in [0.15, 0.2) is 0 Å². The molecule has 1 saturated heterocycles. The van der Waals surface area contributed by atoms with Crippen molar-refractivity contribution in [2.24, 2.45) is 11.3 Å². The lowest BCUT2D eigenvalue weighted by Crippen LogP contribution is -2.44. The first kappa shape index (κ1) is 18.4. The predicted octanol–water partition coefficient (Wildman–Crippen LogP) is 3.07. The fourth-order valence-corrected chi connectivity index (χ4v) is 2.83. The number of unbranched alkanes of at least 4 members (excludes halogenated alkanes) is 1. The Kier molecular flexibility index (Phi) is 7.63. The Balaban J connectivity index is 2.79. The molecule has 5 nitrogen and oxygen atoms in total. The topological polar surface area (TPSA) is 65.0 Å². The van der Waals surface area contributed by atoms with Gasteiger partial charge in [-0.25, -0.2) is 0 Å². The van der Waals surface area contributed by atoms with Gasteiger partial charge in [0, 0.05) is 13.0 Å². The van der Waals surface area contributed by atoms with E-state index in [1.54, 1.807) is 6.92 Å². The fraction of sp³-hybridized carbons (Fsp3) is 0.938. The maximum Gasteiger partial charge on any atom is 0.312 e. The van der Waals surface area contributed by atoms with Crippen molar-refractivity contribution < 1.29 is 24.1 Å². The molecule has 1 fully saturated rings. The van der Waals surface area contributed by atoms with Crippen molar-refractivity contribution in [3.05, 3.63) is 0 Å². The highest BCUT2D eigenvalue weighted by atomic mass is 16.7. The molecule has 124 valence electrons. The summed E-state index contributed by atoms with van der Waals surface area (Å²) < 4.78 is 16.6. The summed E-state index contributed by atoms with van der Waals surface area (Å²) in [7, 11) is 0. The summed E-state index contributed by atoms with van der Waals surface area (Å²) in [6.07, 6.45) is 2.71. The number of hydrogen-bond acceptors (Lipinski definition) is 4. The third-order valence-electron chi connectivity index (χ3n) is 4.02. The Morgan fingerprint density at radius 1 is 1.48 bits per heavy atom. The summed E-state index contributed by atoms with van der Waals surface area (Å²) in [6, 6.07) is 0. The van der Waals surface area contributed by atoms with Gasteiger partial charge in [0.2, 0.25) is 0 Å². The van der Waals surface area contributed by atoms with Crippen molar-refractivity contribution in [1.29, 1.82) is 0 Å². The van der Waals surface area contributed by atoms with E-state index < -0.39 is 11.4 Å². The van der Waals surface area contributed by atoms with E-state index >= 15 is 0 Å². The van der Waals surface area contributed by atoms with Gasteiger partial charge in [-0.1, -0.05) is 27.2 Å². The molecule has 0 bridgehead atoms. The molecule has 0 aromatic carbocycles. The molecule has 0 saturated carbocycles. The van der Waals surface area contributed by atoms with Crippen LogP contribution in [-0.4, -0.2) is 43.3 Å². The van der Waals surface area contributed by atoms with Crippen LogP contribution in [0.3, 0.4) is 0 Å². The molecule has 5 heteroatoms. The largest absolute Gasteiger partial charge is 0.481 e. The zero-order chi connectivity index (χ0) is 15.9. The molecule has 0 radical (unpaired) electrons. The first-order valence-corrected chi connectivity index (χ1v) is 7.94. The van der Waals surface area contributed by atoms with Gasteiger partial charge in [0.25, 0.3) is 0 Å². The van der Waals surface area contributed by atoms with E-state index in [1.165, 1.54) is 0 Å². The van der Waals surface area contributed by atoms with E-state index in [-0.39, 0.29) is 12.2 Å². The second kappa shape index (κ2) is 8.71. The van der Waals surface area contributed by atoms with Crippen LogP contribution in [-0.2, 0) is 19.0 Å². The van der Waals surface area contributed by atoms with E-state index in [4.69, 9.17) is 14.2 Å². The van der Waals surface area contributed by atoms with Gasteiger partial charge < -0.3 is 19.3 Å². The molecule has 1 rings (SSSR count). The van der Waals surface area contributed by atoms with E-state index in [2.05, 4.69) is 6.92 Å². The maximum atomic E-state index is 11.9. The third-order valence-corrected chi connectivity index (χ3v) is 4.02. The number of carboxylic acids is 1. The zero-order valence-electron chi connectivity index (χ0n) is 13.8. The average molecular weight is 302 g/mol. The van der Waals surface area contributed by atoms with Crippen LogP contribution in [0, 0.1) is 11.3 Å². The van der Waals surface area contributed by atoms with Gasteiger partial charge in [0.05, 0.1) is 24.2 Å². The highest BCUT2D eigenvalue weighted by Crippen LogP contribution is 2.35. The molecule has 0 amide bonds. The Morgan fingerprint density at radius 2 is 2.19 bits per heavy atom. The standard InChI is InChI=1S/C16H30O5/c1-5-6-7-20-14(8-13-10-19-11-21-13)16(4,15(17)18)9-12(2)3/h12-14H,5-11H2,1-4H3,(H,17,18). The molecule has 3 unspecified atom stereocenters. The molecule has 0 aliphatic carbocycles. The van der Waals surface area contributed by atoms with Crippen molar-refractivity contribution in [3.8, 4) is 0 Å². The SMILES string of the molecule is CCCCOC(CC1COCO1)C(C)(CC(C)C)C(=O)O. The Morgan fingerprint density at radius 3 is 2.67 bits per heavy atom. The minimum absolute atomic E-state index is 0.0672. The number of carbonyl (C=O) groups is 1. The van der Waals surface area contributed by atoms with E-state index in [0.29, 0.717) is 38.8 Å². The van der Waals surface area contributed by atoms with Crippen LogP contribution < -0.4 is 0 Å². The molecule has 3 atom stereocenters. The van der Waals surface area contributed by atoms with Gasteiger partial charge in [-0.05, 0) is 25.7 Å². The summed E-state index contributed by atoms with van der Waals surface area (Å²) in [5.41, 5.74) is -0.895. The van der Waals surface area contributed by atoms with Gasteiger partial charge in [0.1, 0.15) is 6.79 Å². The fourth-order valence-electron chi connectivity index (χ4n) is 2.83. The molecule has 0 spiro atoms. The number of aliphatic carboxylic acids is 1. The molecule has 1 N–H and O–H groups in total. The van der Waals surface area contributed by atoms with Crippen molar-refractivity contribution in [2.45, 2.75) is 65.6 Å². The lowest BCUT2D eigenvalue weighted by Gasteiger charge is -2.36. The summed E-state index contributed by atoms with van der Waals surface area (Å²) >= 11 is 0.